The van der Waals surface area contributed by atoms with Crippen molar-refractivity contribution >= 4 is 11.5 Å². The van der Waals surface area contributed by atoms with E-state index >= 15 is 0 Å². The number of Topliss-reactive ketones (excluding diaryl/α,β-unsaturated/α-hetero) is 1. The van der Waals surface area contributed by atoms with E-state index in [1.807, 2.05) is 43.3 Å². The predicted molar refractivity (Wildman–Crippen MR) is 88.2 cm³/mol. The molecule has 0 saturated heterocycles. The van der Waals surface area contributed by atoms with Crippen molar-refractivity contribution in [3.05, 3.63) is 65.5 Å². The molecular formula is C18H17N3O2. The minimum absolute atomic E-state index is 0.0353. The van der Waals surface area contributed by atoms with Crippen molar-refractivity contribution in [2.75, 3.05) is 5.32 Å². The lowest BCUT2D eigenvalue weighted by Crippen LogP contribution is -2.01. The van der Waals surface area contributed by atoms with Gasteiger partial charge in [-0.3, -0.25) is 4.79 Å². The van der Waals surface area contributed by atoms with Gasteiger partial charge in [-0.25, -0.2) is 0 Å². The molecule has 5 nitrogen and oxygen atoms in total. The molecule has 1 N–H and O–H groups in total. The van der Waals surface area contributed by atoms with Crippen molar-refractivity contribution in [3.8, 4) is 11.5 Å². The van der Waals surface area contributed by atoms with Crippen LogP contribution in [0.15, 0.2) is 52.9 Å². The van der Waals surface area contributed by atoms with Crippen LogP contribution in [0.5, 0.6) is 0 Å². The Morgan fingerprint density at radius 1 is 1.13 bits per heavy atom. The average Bonchev–Trinajstić information content (AvgIpc) is 3.03. The smallest absolute Gasteiger partial charge is 0.247 e. The number of carbonyl (C=O) groups excluding carboxylic acids is 1. The van der Waals surface area contributed by atoms with E-state index in [-0.39, 0.29) is 5.78 Å². The summed E-state index contributed by atoms with van der Waals surface area (Å²) in [5.74, 6) is 1.03. The molecule has 0 bridgehead atoms. The first-order valence-corrected chi connectivity index (χ1v) is 7.36. The van der Waals surface area contributed by atoms with Crippen LogP contribution in [0.25, 0.3) is 11.5 Å². The third-order valence-corrected chi connectivity index (χ3v) is 3.48. The monoisotopic (exact) mass is 307 g/mol. The van der Waals surface area contributed by atoms with Crippen LogP contribution in [-0.4, -0.2) is 16.0 Å². The Labute approximate surface area is 134 Å². The summed E-state index contributed by atoms with van der Waals surface area (Å²) in [7, 11) is 0. The lowest BCUT2D eigenvalue weighted by molar-refractivity contribution is 0.101. The van der Waals surface area contributed by atoms with Gasteiger partial charge in [-0.05, 0) is 38.1 Å². The summed E-state index contributed by atoms with van der Waals surface area (Å²) in [4.78, 5) is 11.4. The normalized spacial score (nSPS) is 10.5. The minimum atomic E-state index is 0.0353. The van der Waals surface area contributed by atoms with Crippen LogP contribution in [0, 0.1) is 6.92 Å². The first kappa shape index (κ1) is 15.0. The number of nitrogens with zero attached hydrogens (tertiary/aromatic N) is 2. The fourth-order valence-corrected chi connectivity index (χ4v) is 2.16. The standard InChI is InChI=1S/C18H17N3O2/c1-12-6-8-14(9-7-12)18-21-20-17(23-18)11-19-16-5-3-4-15(10-16)13(2)22/h3-10,19H,11H2,1-2H3. The number of ketones is 1. The highest BCUT2D eigenvalue weighted by atomic mass is 16.4. The molecule has 3 aromatic rings. The zero-order valence-corrected chi connectivity index (χ0v) is 13.0. The summed E-state index contributed by atoms with van der Waals surface area (Å²) in [6.45, 7) is 3.98. The Bertz CT molecular complexity index is 822. The number of aromatic nitrogens is 2. The Morgan fingerprint density at radius 2 is 1.91 bits per heavy atom. The molecule has 0 unspecified atom stereocenters. The molecule has 0 saturated carbocycles. The predicted octanol–water partition coefficient (Wildman–Crippen LogP) is 3.86. The highest BCUT2D eigenvalue weighted by Gasteiger charge is 2.08. The van der Waals surface area contributed by atoms with Gasteiger partial charge >= 0.3 is 0 Å². The second-order valence-electron chi connectivity index (χ2n) is 5.36. The molecule has 0 fully saturated rings. The lowest BCUT2D eigenvalue weighted by Gasteiger charge is -2.04. The van der Waals surface area contributed by atoms with Gasteiger partial charge < -0.3 is 9.73 Å². The van der Waals surface area contributed by atoms with Gasteiger partial charge in [-0.2, -0.15) is 0 Å². The Balaban J connectivity index is 1.69. The molecule has 1 aromatic heterocycles. The largest absolute Gasteiger partial charge is 0.419 e. The third kappa shape index (κ3) is 3.63. The maximum Gasteiger partial charge on any atom is 0.247 e. The number of hydrogen-bond acceptors (Lipinski definition) is 5. The summed E-state index contributed by atoms with van der Waals surface area (Å²) in [5, 5.41) is 11.3. The van der Waals surface area contributed by atoms with Crippen LogP contribution in [0.2, 0.25) is 0 Å². The molecule has 1 heterocycles. The van der Waals surface area contributed by atoms with E-state index in [4.69, 9.17) is 4.42 Å². The number of anilines is 1. The van der Waals surface area contributed by atoms with Gasteiger partial charge in [-0.1, -0.05) is 29.8 Å². The van der Waals surface area contributed by atoms with Gasteiger partial charge in [0.15, 0.2) is 5.78 Å². The van der Waals surface area contributed by atoms with Crippen molar-refractivity contribution in [1.29, 1.82) is 0 Å². The van der Waals surface area contributed by atoms with Gasteiger partial charge in [-0.15, -0.1) is 10.2 Å². The van der Waals surface area contributed by atoms with E-state index in [0.717, 1.165) is 11.3 Å². The second kappa shape index (κ2) is 6.44. The van der Waals surface area contributed by atoms with E-state index < -0.39 is 0 Å². The Hall–Kier alpha value is -2.95. The van der Waals surface area contributed by atoms with E-state index in [0.29, 0.717) is 23.9 Å². The van der Waals surface area contributed by atoms with Crippen molar-refractivity contribution in [3.63, 3.8) is 0 Å². The highest BCUT2D eigenvalue weighted by molar-refractivity contribution is 5.94. The second-order valence-corrected chi connectivity index (χ2v) is 5.36. The third-order valence-electron chi connectivity index (χ3n) is 3.48. The summed E-state index contributed by atoms with van der Waals surface area (Å²) in [6.07, 6.45) is 0. The van der Waals surface area contributed by atoms with Gasteiger partial charge in [0.25, 0.3) is 0 Å². The lowest BCUT2D eigenvalue weighted by atomic mass is 10.1. The molecule has 0 aliphatic heterocycles. The molecule has 3 rings (SSSR count). The number of carbonyl (C=O) groups is 1. The molecule has 0 radical (unpaired) electrons. The Morgan fingerprint density at radius 3 is 2.65 bits per heavy atom. The summed E-state index contributed by atoms with van der Waals surface area (Å²) < 4.78 is 5.66. The van der Waals surface area contributed by atoms with Gasteiger partial charge in [0, 0.05) is 16.8 Å². The van der Waals surface area contributed by atoms with Crippen LogP contribution < -0.4 is 5.32 Å². The maximum atomic E-state index is 11.4. The van der Waals surface area contributed by atoms with E-state index in [9.17, 15) is 4.79 Å². The topological polar surface area (TPSA) is 68.0 Å². The SMILES string of the molecule is CC(=O)c1cccc(NCc2nnc(-c3ccc(C)cc3)o2)c1. The van der Waals surface area contributed by atoms with Crippen molar-refractivity contribution < 1.29 is 9.21 Å². The molecule has 5 heteroatoms. The van der Waals surface area contributed by atoms with Crippen LogP contribution in [-0.2, 0) is 6.54 Å². The molecule has 2 aromatic carbocycles. The molecule has 0 spiro atoms. The number of hydrogen-bond donors (Lipinski definition) is 1. The molecular weight excluding hydrogens is 290 g/mol. The zero-order valence-electron chi connectivity index (χ0n) is 13.0. The van der Waals surface area contributed by atoms with E-state index in [1.165, 1.54) is 5.56 Å². The maximum absolute atomic E-state index is 11.4. The zero-order chi connectivity index (χ0) is 16.2. The van der Waals surface area contributed by atoms with Crippen molar-refractivity contribution in [1.82, 2.24) is 10.2 Å². The Kier molecular flexibility index (Phi) is 4.19. The number of rotatable bonds is 5. The average molecular weight is 307 g/mol. The van der Waals surface area contributed by atoms with Crippen LogP contribution in [0.1, 0.15) is 28.7 Å². The first-order valence-electron chi connectivity index (χ1n) is 7.36. The van der Waals surface area contributed by atoms with Crippen LogP contribution >= 0.6 is 0 Å². The quantitative estimate of drug-likeness (QED) is 0.725. The number of benzene rings is 2. The fourth-order valence-electron chi connectivity index (χ4n) is 2.16. The molecule has 23 heavy (non-hydrogen) atoms. The molecule has 116 valence electrons. The minimum Gasteiger partial charge on any atom is -0.419 e. The van der Waals surface area contributed by atoms with Crippen molar-refractivity contribution in [2.45, 2.75) is 20.4 Å². The fraction of sp³-hybridized carbons (Fsp3) is 0.167. The summed E-state index contributed by atoms with van der Waals surface area (Å²) >= 11 is 0. The molecule has 0 aliphatic carbocycles. The van der Waals surface area contributed by atoms with E-state index in [2.05, 4.69) is 15.5 Å². The summed E-state index contributed by atoms with van der Waals surface area (Å²) in [5.41, 5.74) is 3.59. The molecule has 0 aliphatic rings. The first-order chi connectivity index (χ1) is 11.1. The number of nitrogens with one attached hydrogen (secondary N) is 1. The van der Waals surface area contributed by atoms with E-state index in [1.54, 1.807) is 19.1 Å². The van der Waals surface area contributed by atoms with Crippen LogP contribution in [0.4, 0.5) is 5.69 Å². The molecule has 0 atom stereocenters. The summed E-state index contributed by atoms with van der Waals surface area (Å²) in [6, 6.07) is 15.2. The van der Waals surface area contributed by atoms with Crippen LogP contribution in [0.3, 0.4) is 0 Å². The number of aryl methyl sites for hydroxylation is 1. The molecule has 0 amide bonds. The van der Waals surface area contributed by atoms with Gasteiger partial charge in [0.1, 0.15) is 0 Å². The van der Waals surface area contributed by atoms with Gasteiger partial charge in [0.2, 0.25) is 11.8 Å². The van der Waals surface area contributed by atoms with Crippen molar-refractivity contribution in [2.24, 2.45) is 0 Å². The van der Waals surface area contributed by atoms with Gasteiger partial charge in [0.05, 0.1) is 6.54 Å². The highest BCUT2D eigenvalue weighted by Crippen LogP contribution is 2.19.